The SMILES string of the molecule is Cn1nc2ccc(-c3[nH]nc4nc(N5CCC6(CC5)Cc5ccccc5[C@H]6N[S@](=O)C(C)(C)C)nc(C#N)c34)c(Cl)c2c1Cl. The van der Waals surface area contributed by atoms with Gasteiger partial charge in [0.05, 0.1) is 48.8 Å². The highest BCUT2D eigenvalue weighted by atomic mass is 35.5. The fourth-order valence-electron chi connectivity index (χ4n) is 6.61. The summed E-state index contributed by atoms with van der Waals surface area (Å²) in [5, 5.41) is 24.0. The number of anilines is 1. The summed E-state index contributed by atoms with van der Waals surface area (Å²) >= 11 is 13.3. The van der Waals surface area contributed by atoms with Crippen LogP contribution >= 0.6 is 23.2 Å². The summed E-state index contributed by atoms with van der Waals surface area (Å²) in [5.74, 6) is 0.470. The number of nitriles is 1. The first-order valence-electron chi connectivity index (χ1n) is 14.5. The number of hydrogen-bond donors (Lipinski definition) is 2. The summed E-state index contributed by atoms with van der Waals surface area (Å²) in [5.41, 5.74) is 4.93. The van der Waals surface area contributed by atoms with Crippen molar-refractivity contribution >= 4 is 62.1 Å². The molecule has 1 aliphatic heterocycles. The third-order valence-electron chi connectivity index (χ3n) is 8.99. The maximum Gasteiger partial charge on any atom is 0.228 e. The Labute approximate surface area is 267 Å². The largest absolute Gasteiger partial charge is 0.341 e. The van der Waals surface area contributed by atoms with Crippen molar-refractivity contribution < 1.29 is 4.21 Å². The van der Waals surface area contributed by atoms with Gasteiger partial charge in [0.15, 0.2) is 11.3 Å². The van der Waals surface area contributed by atoms with Gasteiger partial charge < -0.3 is 4.90 Å². The molecule has 5 aromatic rings. The van der Waals surface area contributed by atoms with Crippen LogP contribution in [-0.2, 0) is 24.5 Å². The standard InChI is InChI=1S/C31H31Cl2N9OS/c1-30(2,3)44(43)40-26-18-8-6-5-7-17(18)15-31(26)11-13-42(14-12-31)29-35-21(16-34)23-25(37-38-28(23)36-29)19-9-10-20-22(24(19)32)27(33)41(4)39-20/h5-10,26,40H,11-15H2,1-4H3,(H,35,36,37,38)/t26-,44-/m1/s1. The number of aromatic nitrogens is 6. The van der Waals surface area contributed by atoms with Crippen LogP contribution in [0.25, 0.3) is 33.2 Å². The molecule has 10 nitrogen and oxygen atoms in total. The topological polar surface area (TPSA) is 128 Å². The Bertz CT molecular complexity index is 2010. The van der Waals surface area contributed by atoms with Gasteiger partial charge in [0.2, 0.25) is 5.95 Å². The van der Waals surface area contributed by atoms with Gasteiger partial charge in [-0.3, -0.25) is 9.78 Å². The van der Waals surface area contributed by atoms with E-state index in [0.717, 1.165) is 19.3 Å². The van der Waals surface area contributed by atoms with Crippen molar-refractivity contribution in [3.8, 4) is 17.3 Å². The van der Waals surface area contributed by atoms with Crippen LogP contribution in [0.1, 0.15) is 56.5 Å². The molecule has 7 rings (SSSR count). The van der Waals surface area contributed by atoms with Crippen molar-refractivity contribution in [3.63, 3.8) is 0 Å². The Morgan fingerprint density at radius 2 is 1.86 bits per heavy atom. The van der Waals surface area contributed by atoms with Crippen LogP contribution < -0.4 is 9.62 Å². The Kier molecular flexibility index (Phi) is 6.97. The summed E-state index contributed by atoms with van der Waals surface area (Å²) in [6.45, 7) is 7.38. The first-order valence-corrected chi connectivity index (χ1v) is 16.4. The van der Waals surface area contributed by atoms with E-state index >= 15 is 0 Å². The van der Waals surface area contributed by atoms with Crippen LogP contribution in [0.2, 0.25) is 10.2 Å². The highest BCUT2D eigenvalue weighted by Gasteiger charge is 2.49. The van der Waals surface area contributed by atoms with E-state index in [1.165, 1.54) is 11.1 Å². The molecule has 13 heteroatoms. The van der Waals surface area contributed by atoms with Crippen LogP contribution in [0, 0.1) is 16.7 Å². The maximum atomic E-state index is 13.3. The number of aryl methyl sites for hydroxylation is 1. The van der Waals surface area contributed by atoms with Gasteiger partial charge in [0.1, 0.15) is 11.2 Å². The molecule has 0 radical (unpaired) electrons. The zero-order chi connectivity index (χ0) is 31.0. The van der Waals surface area contributed by atoms with Gasteiger partial charge in [-0.25, -0.2) is 13.9 Å². The van der Waals surface area contributed by atoms with Crippen LogP contribution in [-0.4, -0.2) is 52.0 Å². The van der Waals surface area contributed by atoms with Gasteiger partial charge in [-0.2, -0.15) is 20.4 Å². The van der Waals surface area contributed by atoms with Crippen LogP contribution in [0.3, 0.4) is 0 Å². The third-order valence-corrected chi connectivity index (χ3v) is 11.4. The van der Waals surface area contributed by atoms with Crippen LogP contribution in [0.4, 0.5) is 5.95 Å². The minimum atomic E-state index is -1.21. The molecule has 0 amide bonds. The summed E-state index contributed by atoms with van der Waals surface area (Å²) < 4.78 is 18.0. The summed E-state index contributed by atoms with van der Waals surface area (Å²) in [6.07, 6.45) is 2.64. The Morgan fingerprint density at radius 3 is 2.59 bits per heavy atom. The molecular weight excluding hydrogens is 617 g/mol. The monoisotopic (exact) mass is 647 g/mol. The van der Waals surface area contributed by atoms with Crippen LogP contribution in [0.5, 0.6) is 0 Å². The van der Waals surface area contributed by atoms with Crippen molar-refractivity contribution in [1.82, 2.24) is 34.7 Å². The average molecular weight is 649 g/mol. The fourth-order valence-corrected chi connectivity index (χ4v) is 8.18. The number of nitrogens with one attached hydrogen (secondary N) is 2. The highest BCUT2D eigenvalue weighted by Crippen LogP contribution is 2.52. The molecule has 1 saturated heterocycles. The molecule has 4 heterocycles. The second kappa shape index (κ2) is 10.5. The molecular formula is C31H31Cl2N9OS. The minimum Gasteiger partial charge on any atom is -0.341 e. The Balaban J connectivity index is 1.20. The molecule has 226 valence electrons. The molecule has 1 fully saturated rings. The number of halogens is 2. The average Bonchev–Trinajstić information content (AvgIpc) is 3.65. The molecule has 44 heavy (non-hydrogen) atoms. The van der Waals surface area contributed by atoms with E-state index in [2.05, 4.69) is 55.3 Å². The number of H-pyrrole nitrogens is 1. The smallest absolute Gasteiger partial charge is 0.228 e. The van der Waals surface area contributed by atoms with E-state index in [-0.39, 0.29) is 21.9 Å². The molecule has 0 saturated carbocycles. The lowest BCUT2D eigenvalue weighted by atomic mass is 9.73. The Morgan fingerprint density at radius 1 is 1.11 bits per heavy atom. The van der Waals surface area contributed by atoms with E-state index in [9.17, 15) is 9.47 Å². The van der Waals surface area contributed by atoms with Crippen molar-refractivity contribution in [2.45, 2.75) is 50.8 Å². The molecule has 2 aromatic carbocycles. The summed E-state index contributed by atoms with van der Waals surface area (Å²) in [6, 6.07) is 14.4. The van der Waals surface area contributed by atoms with E-state index in [1.54, 1.807) is 11.7 Å². The maximum absolute atomic E-state index is 13.3. The lowest BCUT2D eigenvalue weighted by molar-refractivity contribution is 0.177. The number of rotatable bonds is 4. The molecule has 0 unspecified atom stereocenters. The highest BCUT2D eigenvalue weighted by molar-refractivity contribution is 7.84. The normalized spacial score (nSPS) is 18.7. The van der Waals surface area contributed by atoms with Gasteiger partial charge in [-0.05, 0) is 68.7 Å². The van der Waals surface area contributed by atoms with Crippen molar-refractivity contribution in [2.75, 3.05) is 18.0 Å². The first-order chi connectivity index (χ1) is 21.0. The number of fused-ring (bicyclic) bond motifs is 3. The zero-order valence-corrected chi connectivity index (χ0v) is 27.1. The van der Waals surface area contributed by atoms with Gasteiger partial charge in [0.25, 0.3) is 0 Å². The number of benzene rings is 2. The summed E-state index contributed by atoms with van der Waals surface area (Å²) in [7, 11) is 0.547. The van der Waals surface area contributed by atoms with Gasteiger partial charge in [-0.15, -0.1) is 0 Å². The van der Waals surface area contributed by atoms with Gasteiger partial charge in [0, 0.05) is 25.7 Å². The number of aromatic amines is 1. The zero-order valence-electron chi connectivity index (χ0n) is 24.8. The number of hydrogen-bond acceptors (Lipinski definition) is 7. The fraction of sp³-hybridized carbons (Fsp3) is 0.387. The molecule has 3 aromatic heterocycles. The van der Waals surface area contributed by atoms with Crippen molar-refractivity contribution in [3.05, 3.63) is 63.4 Å². The van der Waals surface area contributed by atoms with Crippen LogP contribution in [0.15, 0.2) is 36.4 Å². The molecule has 1 aliphatic carbocycles. The lowest BCUT2D eigenvalue weighted by Gasteiger charge is -2.44. The van der Waals surface area contributed by atoms with Gasteiger partial charge >= 0.3 is 0 Å². The number of piperidine rings is 1. The van der Waals surface area contributed by atoms with Crippen molar-refractivity contribution in [1.29, 1.82) is 5.26 Å². The molecule has 1 spiro atoms. The second-order valence-corrected chi connectivity index (χ2v) is 15.4. The predicted octanol–water partition coefficient (Wildman–Crippen LogP) is 6.02. The molecule has 2 N–H and O–H groups in total. The quantitative estimate of drug-likeness (QED) is 0.244. The summed E-state index contributed by atoms with van der Waals surface area (Å²) in [4.78, 5) is 11.6. The Hall–Kier alpha value is -3.56. The first kappa shape index (κ1) is 29.2. The molecule has 0 bridgehead atoms. The van der Waals surface area contributed by atoms with Gasteiger partial charge in [-0.1, -0.05) is 47.5 Å². The van der Waals surface area contributed by atoms with E-state index in [4.69, 9.17) is 33.2 Å². The minimum absolute atomic E-state index is 0.0109. The molecule has 2 atom stereocenters. The van der Waals surface area contributed by atoms with Crippen molar-refractivity contribution in [2.24, 2.45) is 12.5 Å². The van der Waals surface area contributed by atoms with E-state index < -0.39 is 11.0 Å². The van der Waals surface area contributed by atoms with E-state index in [0.29, 0.717) is 62.4 Å². The lowest BCUT2D eigenvalue weighted by Crippen LogP contribution is -2.48. The predicted molar refractivity (Wildman–Crippen MR) is 174 cm³/mol. The number of nitrogens with zero attached hydrogens (tertiary/aromatic N) is 7. The third kappa shape index (κ3) is 4.58. The van der Waals surface area contributed by atoms with E-state index in [1.807, 2.05) is 32.9 Å². The second-order valence-electron chi connectivity index (χ2n) is 12.7. The molecule has 2 aliphatic rings.